The summed E-state index contributed by atoms with van der Waals surface area (Å²) in [5.41, 5.74) is 4.16. The van der Waals surface area contributed by atoms with Crippen LogP contribution in [0.15, 0.2) is 41.7 Å². The first kappa shape index (κ1) is 18.9. The predicted molar refractivity (Wildman–Crippen MR) is 106 cm³/mol. The van der Waals surface area contributed by atoms with E-state index in [-0.39, 0.29) is 11.6 Å². The zero-order valence-corrected chi connectivity index (χ0v) is 16.0. The molecule has 11 heteroatoms. The van der Waals surface area contributed by atoms with E-state index in [0.717, 1.165) is 16.1 Å². The van der Waals surface area contributed by atoms with Crippen molar-refractivity contribution in [3.8, 4) is 5.88 Å². The number of hydrogen-bond acceptors (Lipinski definition) is 7. The number of anilines is 1. The third kappa shape index (κ3) is 4.27. The van der Waals surface area contributed by atoms with E-state index in [2.05, 4.69) is 31.3 Å². The Labute approximate surface area is 163 Å². The largest absolute Gasteiger partial charge is 0.472 e. The highest BCUT2D eigenvalue weighted by Gasteiger charge is 2.17. The van der Waals surface area contributed by atoms with Crippen molar-refractivity contribution in [2.45, 2.75) is 18.5 Å². The van der Waals surface area contributed by atoms with Crippen molar-refractivity contribution in [3.63, 3.8) is 0 Å². The first-order valence-electron chi connectivity index (χ1n) is 7.97. The number of aryl methyl sites for hydroxylation is 1. The van der Waals surface area contributed by atoms with Gasteiger partial charge < -0.3 is 10.1 Å². The summed E-state index contributed by atoms with van der Waals surface area (Å²) in [5.74, 6) is 12.0. The molecule has 2 heterocycles. The van der Waals surface area contributed by atoms with Crippen LogP contribution < -0.4 is 32.2 Å². The number of carbonyl (C=O) groups is 1. The number of rotatable bonds is 5. The van der Waals surface area contributed by atoms with E-state index < -0.39 is 6.03 Å². The summed E-state index contributed by atoms with van der Waals surface area (Å²) in [6.07, 6.45) is 5.20. The van der Waals surface area contributed by atoms with Crippen LogP contribution in [0.3, 0.4) is 0 Å². The number of halogens is 1. The number of nitrogens with one attached hydrogen (secondary N) is 2. The number of hydrazine groups is 2. The summed E-state index contributed by atoms with van der Waals surface area (Å²) in [7, 11) is 0. The van der Waals surface area contributed by atoms with Gasteiger partial charge in [-0.15, -0.1) is 5.10 Å². The Morgan fingerprint density at radius 1 is 1.48 bits per heavy atom. The lowest BCUT2D eigenvalue weighted by Crippen LogP contribution is -2.48. The fourth-order valence-electron chi connectivity index (χ4n) is 2.44. The molecule has 6 N–H and O–H groups in total. The number of benzene rings is 1. The lowest BCUT2D eigenvalue weighted by Gasteiger charge is -2.20. The van der Waals surface area contributed by atoms with Gasteiger partial charge in [-0.1, -0.05) is 28.1 Å². The van der Waals surface area contributed by atoms with E-state index in [1.807, 2.05) is 18.4 Å². The second kappa shape index (κ2) is 8.20. The Kier molecular flexibility index (Phi) is 5.74. The van der Waals surface area contributed by atoms with E-state index >= 15 is 0 Å². The van der Waals surface area contributed by atoms with E-state index in [1.165, 1.54) is 0 Å². The molecule has 3 rings (SSSR count). The van der Waals surface area contributed by atoms with Crippen LogP contribution in [0.2, 0.25) is 0 Å². The summed E-state index contributed by atoms with van der Waals surface area (Å²) >= 11 is 3.37. The fourth-order valence-corrected chi connectivity index (χ4v) is 2.69. The van der Waals surface area contributed by atoms with Crippen molar-refractivity contribution in [3.05, 3.63) is 47.8 Å². The zero-order chi connectivity index (χ0) is 19.4. The SMILES string of the molecule is Cc1cccc(N(N)C(=O)NN)c1COc1ccn(C2=CNC(Br)C=N2)n1. The van der Waals surface area contributed by atoms with E-state index in [0.29, 0.717) is 17.4 Å². The minimum atomic E-state index is -0.633. The number of urea groups is 1. The van der Waals surface area contributed by atoms with Gasteiger partial charge in [0, 0.05) is 30.2 Å². The standard InChI is InChI=1S/C16H19BrN8O2/c1-10-3-2-4-12(25(19)16(26)22-18)11(10)9-27-15-5-6-24(23-15)14-8-20-13(17)7-21-14/h2-8,13,20H,9,18-19H2,1H3,(H,22,26). The molecule has 2 aromatic rings. The topological polar surface area (TPSA) is 136 Å². The molecule has 2 amide bonds. The highest BCUT2D eigenvalue weighted by Crippen LogP contribution is 2.24. The number of aromatic nitrogens is 2. The van der Waals surface area contributed by atoms with Gasteiger partial charge in [-0.3, -0.25) is 5.43 Å². The van der Waals surface area contributed by atoms with Crippen LogP contribution >= 0.6 is 15.9 Å². The Hall–Kier alpha value is -2.89. The number of aliphatic imine (C=N–C) groups is 1. The maximum absolute atomic E-state index is 11.7. The second-order valence-electron chi connectivity index (χ2n) is 5.63. The van der Waals surface area contributed by atoms with Crippen LogP contribution in [0.25, 0.3) is 5.82 Å². The summed E-state index contributed by atoms with van der Waals surface area (Å²) in [5, 5.41) is 8.36. The molecular weight excluding hydrogens is 416 g/mol. The van der Waals surface area contributed by atoms with Gasteiger partial charge in [-0.2, -0.15) is 0 Å². The normalized spacial score (nSPS) is 15.7. The molecule has 0 saturated heterocycles. The van der Waals surface area contributed by atoms with Crippen molar-refractivity contribution in [2.24, 2.45) is 16.7 Å². The van der Waals surface area contributed by atoms with Crippen molar-refractivity contribution in [1.29, 1.82) is 0 Å². The van der Waals surface area contributed by atoms with Gasteiger partial charge in [0.15, 0.2) is 5.82 Å². The second-order valence-corrected chi connectivity index (χ2v) is 6.61. The van der Waals surface area contributed by atoms with Gasteiger partial charge in [0.1, 0.15) is 11.6 Å². The van der Waals surface area contributed by atoms with Gasteiger partial charge in [0.05, 0.1) is 5.69 Å². The Morgan fingerprint density at radius 3 is 3.00 bits per heavy atom. The fraction of sp³-hybridized carbons (Fsp3) is 0.188. The number of nitrogens with zero attached hydrogens (tertiary/aromatic N) is 4. The molecule has 1 aliphatic heterocycles. The lowest BCUT2D eigenvalue weighted by atomic mass is 10.1. The van der Waals surface area contributed by atoms with Crippen LogP contribution in [-0.2, 0) is 6.61 Å². The lowest BCUT2D eigenvalue weighted by molar-refractivity contribution is 0.246. The first-order valence-corrected chi connectivity index (χ1v) is 8.88. The molecule has 1 unspecified atom stereocenters. The molecule has 0 fully saturated rings. The molecular formula is C16H19BrN8O2. The van der Waals surface area contributed by atoms with Crippen molar-refractivity contribution >= 4 is 39.7 Å². The molecule has 0 bridgehead atoms. The minimum absolute atomic E-state index is 0.00283. The van der Waals surface area contributed by atoms with E-state index in [4.69, 9.17) is 16.4 Å². The van der Waals surface area contributed by atoms with Crippen molar-refractivity contribution in [2.75, 3.05) is 5.01 Å². The highest BCUT2D eigenvalue weighted by molar-refractivity contribution is 9.09. The third-order valence-corrected chi connectivity index (χ3v) is 4.36. The third-order valence-electron chi connectivity index (χ3n) is 3.86. The number of carbonyl (C=O) groups excluding carboxylic acids is 1. The van der Waals surface area contributed by atoms with Gasteiger partial charge in [-0.05, 0) is 18.6 Å². The molecule has 1 aromatic heterocycles. The molecule has 142 valence electrons. The number of alkyl halides is 1. The first-order chi connectivity index (χ1) is 13.0. The molecule has 0 spiro atoms. The van der Waals surface area contributed by atoms with Gasteiger partial charge in [0.25, 0.3) is 0 Å². The maximum Gasteiger partial charge on any atom is 0.350 e. The maximum atomic E-state index is 11.7. The Bertz CT molecular complexity index is 894. The number of nitrogens with two attached hydrogens (primary N) is 2. The van der Waals surface area contributed by atoms with Crippen LogP contribution in [-0.4, -0.2) is 27.0 Å². The van der Waals surface area contributed by atoms with Gasteiger partial charge in [0.2, 0.25) is 5.88 Å². The quantitative estimate of drug-likeness (QED) is 0.183. The van der Waals surface area contributed by atoms with Crippen molar-refractivity contribution < 1.29 is 9.53 Å². The molecule has 1 aromatic carbocycles. The minimum Gasteiger partial charge on any atom is -0.472 e. The average Bonchev–Trinajstić information content (AvgIpc) is 3.15. The number of ether oxygens (including phenoxy) is 1. The van der Waals surface area contributed by atoms with Crippen LogP contribution in [0.5, 0.6) is 5.88 Å². The van der Waals surface area contributed by atoms with Crippen LogP contribution in [0.4, 0.5) is 10.5 Å². The number of hydrogen-bond donors (Lipinski definition) is 4. The summed E-state index contributed by atoms with van der Waals surface area (Å²) in [6, 6.07) is 6.50. The Balaban J connectivity index is 1.74. The van der Waals surface area contributed by atoms with Crippen LogP contribution in [0.1, 0.15) is 11.1 Å². The summed E-state index contributed by atoms with van der Waals surface area (Å²) < 4.78 is 7.37. The molecule has 1 atom stereocenters. The zero-order valence-electron chi connectivity index (χ0n) is 14.5. The number of amides is 2. The van der Waals surface area contributed by atoms with E-state index in [1.54, 1.807) is 41.5 Å². The monoisotopic (exact) mass is 434 g/mol. The van der Waals surface area contributed by atoms with Crippen molar-refractivity contribution in [1.82, 2.24) is 20.5 Å². The summed E-state index contributed by atoms with van der Waals surface area (Å²) in [6.45, 7) is 2.08. The molecule has 0 saturated carbocycles. The molecule has 0 radical (unpaired) electrons. The molecule has 0 aliphatic carbocycles. The highest BCUT2D eigenvalue weighted by atomic mass is 79.9. The molecule has 27 heavy (non-hydrogen) atoms. The van der Waals surface area contributed by atoms with Gasteiger partial charge >= 0.3 is 6.03 Å². The van der Waals surface area contributed by atoms with E-state index in [9.17, 15) is 4.79 Å². The molecule has 1 aliphatic rings. The summed E-state index contributed by atoms with van der Waals surface area (Å²) in [4.78, 5) is 16.0. The Morgan fingerprint density at radius 2 is 2.30 bits per heavy atom. The predicted octanol–water partition coefficient (Wildman–Crippen LogP) is 1.18. The van der Waals surface area contributed by atoms with Gasteiger partial charge in [-0.25, -0.2) is 31.2 Å². The van der Waals surface area contributed by atoms with Crippen LogP contribution in [0, 0.1) is 6.92 Å². The average molecular weight is 435 g/mol. The smallest absolute Gasteiger partial charge is 0.350 e. The molecule has 10 nitrogen and oxygen atoms in total.